The van der Waals surface area contributed by atoms with Gasteiger partial charge in [0.15, 0.2) is 0 Å². The summed E-state index contributed by atoms with van der Waals surface area (Å²) in [6.07, 6.45) is 2.70. The van der Waals surface area contributed by atoms with E-state index in [1.807, 2.05) is 6.08 Å². The average molecular weight is 171 g/mol. The van der Waals surface area contributed by atoms with Crippen molar-refractivity contribution in [2.45, 2.75) is 12.5 Å². The maximum absolute atomic E-state index is 8.80. The highest BCUT2D eigenvalue weighted by Crippen LogP contribution is 2.09. The van der Waals surface area contributed by atoms with Crippen LogP contribution in [0.25, 0.3) is 0 Å². The number of rotatable bonds is 4. The molecule has 0 amide bonds. The molecule has 0 saturated carbocycles. The summed E-state index contributed by atoms with van der Waals surface area (Å²) in [4.78, 5) is 2.30. The molecule has 1 aliphatic heterocycles. The molecule has 1 heterocycles. The Morgan fingerprint density at radius 1 is 1.67 bits per heavy atom. The molecule has 0 aliphatic carbocycles. The average Bonchev–Trinajstić information content (AvgIpc) is 2.09. The zero-order valence-electron chi connectivity index (χ0n) is 7.41. The normalized spacial score (nSPS) is 25.6. The van der Waals surface area contributed by atoms with Gasteiger partial charge in [0.05, 0.1) is 13.2 Å². The van der Waals surface area contributed by atoms with Crippen molar-refractivity contribution in [3.63, 3.8) is 0 Å². The highest BCUT2D eigenvalue weighted by atomic mass is 16.5. The molecule has 0 spiro atoms. The Kier molecular flexibility index (Phi) is 4.29. The van der Waals surface area contributed by atoms with Gasteiger partial charge in [-0.2, -0.15) is 0 Å². The molecule has 3 heteroatoms. The molecule has 3 nitrogen and oxygen atoms in total. The molecule has 0 radical (unpaired) electrons. The van der Waals surface area contributed by atoms with Crippen LogP contribution in [-0.4, -0.2) is 49.0 Å². The third kappa shape index (κ3) is 2.59. The fourth-order valence-electron chi connectivity index (χ4n) is 1.51. The van der Waals surface area contributed by atoms with Crippen LogP contribution in [0.15, 0.2) is 12.7 Å². The first kappa shape index (κ1) is 9.71. The van der Waals surface area contributed by atoms with Gasteiger partial charge in [-0.15, -0.1) is 6.58 Å². The lowest BCUT2D eigenvalue weighted by atomic mass is 10.1. The Morgan fingerprint density at radius 2 is 2.50 bits per heavy atom. The summed E-state index contributed by atoms with van der Waals surface area (Å²) in [6, 6.07) is 0.377. The van der Waals surface area contributed by atoms with Crippen molar-refractivity contribution in [2.24, 2.45) is 0 Å². The largest absolute Gasteiger partial charge is 0.396 e. The van der Waals surface area contributed by atoms with Crippen LogP contribution >= 0.6 is 0 Å². The molecule has 1 aliphatic rings. The van der Waals surface area contributed by atoms with E-state index in [4.69, 9.17) is 9.84 Å². The van der Waals surface area contributed by atoms with Gasteiger partial charge in [0, 0.05) is 25.7 Å². The van der Waals surface area contributed by atoms with Crippen LogP contribution in [0.5, 0.6) is 0 Å². The van der Waals surface area contributed by atoms with Crippen LogP contribution in [0.2, 0.25) is 0 Å². The Hall–Kier alpha value is -0.380. The maximum atomic E-state index is 8.80. The molecule has 1 unspecified atom stereocenters. The highest BCUT2D eigenvalue weighted by molar-refractivity contribution is 4.81. The van der Waals surface area contributed by atoms with E-state index < -0.39 is 0 Å². The highest BCUT2D eigenvalue weighted by Gasteiger charge is 2.20. The molecule has 70 valence electrons. The summed E-state index contributed by atoms with van der Waals surface area (Å²) >= 11 is 0. The van der Waals surface area contributed by atoms with Gasteiger partial charge in [-0.25, -0.2) is 0 Å². The summed E-state index contributed by atoms with van der Waals surface area (Å²) < 4.78 is 5.32. The van der Waals surface area contributed by atoms with Gasteiger partial charge in [0.1, 0.15) is 0 Å². The molecule has 1 fully saturated rings. The fourth-order valence-corrected chi connectivity index (χ4v) is 1.51. The first-order valence-electron chi connectivity index (χ1n) is 4.42. The minimum atomic E-state index is 0.238. The van der Waals surface area contributed by atoms with Crippen molar-refractivity contribution in [1.29, 1.82) is 0 Å². The molecule has 0 aromatic heterocycles. The van der Waals surface area contributed by atoms with Crippen molar-refractivity contribution in [2.75, 3.05) is 32.9 Å². The standard InChI is InChI=1S/C9H17NO2/c1-2-4-10-5-7-12-8-9(10)3-6-11/h2,9,11H,1,3-8H2. The van der Waals surface area contributed by atoms with E-state index in [9.17, 15) is 0 Å². The monoisotopic (exact) mass is 171 g/mol. The second-order valence-corrected chi connectivity index (χ2v) is 3.02. The molecule has 1 atom stereocenters. The number of aliphatic hydroxyl groups is 1. The third-order valence-corrected chi connectivity index (χ3v) is 2.18. The number of ether oxygens (including phenoxy) is 1. The molecule has 1 saturated heterocycles. The van der Waals surface area contributed by atoms with Crippen LogP contribution < -0.4 is 0 Å². The van der Waals surface area contributed by atoms with E-state index in [1.165, 1.54) is 0 Å². The zero-order chi connectivity index (χ0) is 8.81. The molecule has 0 bridgehead atoms. The van der Waals surface area contributed by atoms with Crippen molar-refractivity contribution < 1.29 is 9.84 Å². The third-order valence-electron chi connectivity index (χ3n) is 2.18. The van der Waals surface area contributed by atoms with Crippen LogP contribution in [0.1, 0.15) is 6.42 Å². The summed E-state index contributed by atoms with van der Waals surface area (Å²) in [5.41, 5.74) is 0. The maximum Gasteiger partial charge on any atom is 0.0623 e. The SMILES string of the molecule is C=CCN1CCOCC1CCO. The number of aliphatic hydroxyl groups excluding tert-OH is 1. The van der Waals surface area contributed by atoms with Gasteiger partial charge in [-0.05, 0) is 6.42 Å². The second kappa shape index (κ2) is 5.30. The molecule has 0 aromatic carbocycles. The molecule has 1 rings (SSSR count). The smallest absolute Gasteiger partial charge is 0.0623 e. The van der Waals surface area contributed by atoms with Crippen molar-refractivity contribution in [1.82, 2.24) is 4.90 Å². The van der Waals surface area contributed by atoms with E-state index in [2.05, 4.69) is 11.5 Å². The Bertz CT molecular complexity index is 136. The lowest BCUT2D eigenvalue weighted by molar-refractivity contribution is -0.00980. The second-order valence-electron chi connectivity index (χ2n) is 3.02. The van der Waals surface area contributed by atoms with Crippen LogP contribution in [-0.2, 0) is 4.74 Å². The van der Waals surface area contributed by atoms with Gasteiger partial charge in [0.25, 0.3) is 0 Å². The zero-order valence-corrected chi connectivity index (χ0v) is 7.41. The first-order valence-corrected chi connectivity index (χ1v) is 4.42. The van der Waals surface area contributed by atoms with Crippen molar-refractivity contribution >= 4 is 0 Å². The molecular formula is C9H17NO2. The van der Waals surface area contributed by atoms with Gasteiger partial charge in [-0.3, -0.25) is 4.90 Å². The van der Waals surface area contributed by atoms with E-state index in [-0.39, 0.29) is 6.61 Å². The van der Waals surface area contributed by atoms with Gasteiger partial charge in [-0.1, -0.05) is 6.08 Å². The van der Waals surface area contributed by atoms with Gasteiger partial charge >= 0.3 is 0 Å². The Labute approximate surface area is 73.6 Å². The predicted octanol–water partition coefficient (Wildman–Crippen LogP) is 0.256. The number of hydrogen-bond acceptors (Lipinski definition) is 3. The number of morpholine rings is 1. The topological polar surface area (TPSA) is 32.7 Å². The number of hydrogen-bond donors (Lipinski definition) is 1. The van der Waals surface area contributed by atoms with E-state index >= 15 is 0 Å². The Morgan fingerprint density at radius 3 is 3.17 bits per heavy atom. The van der Waals surface area contributed by atoms with Crippen LogP contribution in [0, 0.1) is 0 Å². The van der Waals surface area contributed by atoms with Crippen molar-refractivity contribution in [3.8, 4) is 0 Å². The van der Waals surface area contributed by atoms with Crippen LogP contribution in [0.4, 0.5) is 0 Å². The van der Waals surface area contributed by atoms with Crippen molar-refractivity contribution in [3.05, 3.63) is 12.7 Å². The predicted molar refractivity (Wildman–Crippen MR) is 48.1 cm³/mol. The minimum Gasteiger partial charge on any atom is -0.396 e. The molecule has 12 heavy (non-hydrogen) atoms. The van der Waals surface area contributed by atoms with Gasteiger partial charge < -0.3 is 9.84 Å². The Balaban J connectivity index is 2.36. The summed E-state index contributed by atoms with van der Waals surface area (Å²) in [5.74, 6) is 0. The minimum absolute atomic E-state index is 0.238. The first-order chi connectivity index (χ1) is 5.88. The lowest BCUT2D eigenvalue weighted by Gasteiger charge is -2.34. The van der Waals surface area contributed by atoms with Gasteiger partial charge in [0.2, 0.25) is 0 Å². The van der Waals surface area contributed by atoms with E-state index in [0.29, 0.717) is 6.04 Å². The summed E-state index contributed by atoms with van der Waals surface area (Å²) in [7, 11) is 0. The summed E-state index contributed by atoms with van der Waals surface area (Å²) in [5, 5.41) is 8.80. The fraction of sp³-hybridized carbons (Fsp3) is 0.778. The molecule has 1 N–H and O–H groups in total. The molecular weight excluding hydrogens is 154 g/mol. The lowest BCUT2D eigenvalue weighted by Crippen LogP contribution is -2.45. The van der Waals surface area contributed by atoms with E-state index in [1.54, 1.807) is 0 Å². The van der Waals surface area contributed by atoms with Crippen LogP contribution in [0.3, 0.4) is 0 Å². The quantitative estimate of drug-likeness (QED) is 0.616. The number of nitrogens with zero attached hydrogens (tertiary/aromatic N) is 1. The summed E-state index contributed by atoms with van der Waals surface area (Å²) in [6.45, 7) is 7.34. The molecule has 0 aromatic rings. The van der Waals surface area contributed by atoms with E-state index in [0.717, 1.165) is 32.7 Å².